The number of hydrogen-bond acceptors (Lipinski definition) is 3. The van der Waals surface area contributed by atoms with Gasteiger partial charge in [0, 0.05) is 12.0 Å². The van der Waals surface area contributed by atoms with Gasteiger partial charge in [-0.15, -0.1) is 0 Å². The second-order valence-corrected chi connectivity index (χ2v) is 6.28. The lowest BCUT2D eigenvalue weighted by Crippen LogP contribution is -2.27. The number of carbonyl (C=O) groups is 1. The van der Waals surface area contributed by atoms with Gasteiger partial charge in [0.25, 0.3) is 0 Å². The highest BCUT2D eigenvalue weighted by Gasteiger charge is 2.22. The quantitative estimate of drug-likeness (QED) is 0.775. The van der Waals surface area contributed by atoms with Gasteiger partial charge in [-0.25, -0.2) is 0 Å². The van der Waals surface area contributed by atoms with Crippen LogP contribution in [0.25, 0.3) is 23.0 Å². The summed E-state index contributed by atoms with van der Waals surface area (Å²) in [5.41, 5.74) is 6.37. The number of fused-ring (bicyclic) bond motifs is 1. The second-order valence-electron chi connectivity index (χ2n) is 6.28. The molecule has 0 unspecified atom stereocenters. The molecule has 4 nitrogen and oxygen atoms in total. The molecule has 1 amide bonds. The van der Waals surface area contributed by atoms with Crippen molar-refractivity contribution in [2.45, 2.75) is 27.2 Å². The molecule has 0 bridgehead atoms. The minimum absolute atomic E-state index is 0.0287. The number of carbonyl (C=O) groups excluding carboxylic acids is 1. The van der Waals surface area contributed by atoms with Crippen molar-refractivity contribution in [1.82, 2.24) is 5.32 Å². The van der Waals surface area contributed by atoms with E-state index in [9.17, 15) is 9.90 Å². The van der Waals surface area contributed by atoms with E-state index in [1.54, 1.807) is 6.08 Å². The van der Waals surface area contributed by atoms with Gasteiger partial charge in [-0.2, -0.15) is 0 Å². The van der Waals surface area contributed by atoms with Crippen LogP contribution in [0.2, 0.25) is 0 Å². The Hall–Kier alpha value is -2.75. The molecule has 1 aliphatic rings. The zero-order chi connectivity index (χ0) is 18.0. The van der Waals surface area contributed by atoms with Gasteiger partial charge in [-0.3, -0.25) is 4.79 Å². The molecule has 130 valence electrons. The van der Waals surface area contributed by atoms with Crippen molar-refractivity contribution in [2.24, 2.45) is 0 Å². The van der Waals surface area contributed by atoms with Crippen molar-refractivity contribution in [3.8, 4) is 16.9 Å². The van der Waals surface area contributed by atoms with E-state index in [1.807, 2.05) is 51.1 Å². The molecule has 0 saturated heterocycles. The molecule has 0 aliphatic heterocycles. The lowest BCUT2D eigenvalue weighted by Gasteiger charge is -2.22. The van der Waals surface area contributed by atoms with Crippen molar-refractivity contribution in [3.05, 3.63) is 52.6 Å². The van der Waals surface area contributed by atoms with Crippen molar-refractivity contribution in [3.63, 3.8) is 0 Å². The number of aryl methyl sites for hydroxylation is 2. The lowest BCUT2D eigenvalue weighted by molar-refractivity contribution is -0.120. The molecular formula is C21H23NO3. The van der Waals surface area contributed by atoms with Gasteiger partial charge < -0.3 is 15.2 Å². The van der Waals surface area contributed by atoms with Gasteiger partial charge in [0.1, 0.15) is 18.1 Å². The van der Waals surface area contributed by atoms with E-state index >= 15 is 0 Å². The zero-order valence-corrected chi connectivity index (χ0v) is 14.8. The molecule has 0 radical (unpaired) electrons. The number of amides is 1. The second kappa shape index (κ2) is 7.01. The van der Waals surface area contributed by atoms with Gasteiger partial charge in [0.2, 0.25) is 5.91 Å². The summed E-state index contributed by atoms with van der Waals surface area (Å²) in [7, 11) is 0. The number of hydrogen-bond donors (Lipinski definition) is 2. The smallest absolute Gasteiger partial charge is 0.219 e. The van der Waals surface area contributed by atoms with Crippen molar-refractivity contribution in [2.75, 3.05) is 13.2 Å². The fourth-order valence-electron chi connectivity index (χ4n) is 3.24. The van der Waals surface area contributed by atoms with E-state index in [0.29, 0.717) is 25.3 Å². The number of aliphatic hydroxyl groups excluding tert-OH is 1. The van der Waals surface area contributed by atoms with E-state index in [-0.39, 0.29) is 5.91 Å². The highest BCUT2D eigenvalue weighted by Crippen LogP contribution is 2.41. The minimum atomic E-state index is 0.0287. The summed E-state index contributed by atoms with van der Waals surface area (Å²) < 4.78 is 5.77. The molecule has 1 aliphatic carbocycles. The van der Waals surface area contributed by atoms with E-state index in [0.717, 1.165) is 39.1 Å². The Morgan fingerprint density at radius 2 is 1.88 bits per heavy atom. The Morgan fingerprint density at radius 1 is 1.16 bits per heavy atom. The van der Waals surface area contributed by atoms with Crippen LogP contribution >= 0.6 is 0 Å². The van der Waals surface area contributed by atoms with Crippen molar-refractivity contribution in [1.29, 1.82) is 0 Å². The third-order valence-corrected chi connectivity index (χ3v) is 4.43. The number of nitrogens with one attached hydrogen (secondary N) is 1. The normalized spacial score (nSPS) is 12.0. The minimum Gasteiger partial charge on any atom is -0.507 e. The predicted octanol–water partition coefficient (Wildman–Crippen LogP) is 4.24. The van der Waals surface area contributed by atoms with E-state index in [2.05, 4.69) is 5.32 Å². The summed E-state index contributed by atoms with van der Waals surface area (Å²) in [4.78, 5) is 11.2. The SMILES string of the molecule is CCC(=O)NCCOc1cc(C)c(-c2cccc3c2C(O)=C3)c(C)c1. The molecule has 0 saturated carbocycles. The Kier molecular flexibility index (Phi) is 4.79. The third kappa shape index (κ3) is 3.38. The van der Waals surface area contributed by atoms with Crippen LogP contribution in [0, 0.1) is 13.8 Å². The monoisotopic (exact) mass is 337 g/mol. The van der Waals surface area contributed by atoms with Crippen LogP contribution in [0.3, 0.4) is 0 Å². The van der Waals surface area contributed by atoms with Crippen LogP contribution in [0.1, 0.15) is 35.6 Å². The van der Waals surface area contributed by atoms with Crippen LogP contribution in [0.5, 0.6) is 5.75 Å². The first-order valence-corrected chi connectivity index (χ1v) is 8.56. The number of rotatable bonds is 6. The summed E-state index contributed by atoms with van der Waals surface area (Å²) in [5.74, 6) is 1.16. The molecule has 0 fully saturated rings. The Morgan fingerprint density at radius 3 is 2.52 bits per heavy atom. The van der Waals surface area contributed by atoms with Crippen LogP contribution in [-0.4, -0.2) is 24.2 Å². The average molecular weight is 337 g/mol. The van der Waals surface area contributed by atoms with Crippen molar-refractivity contribution >= 4 is 17.7 Å². The van der Waals surface area contributed by atoms with Crippen LogP contribution in [0.15, 0.2) is 30.3 Å². The van der Waals surface area contributed by atoms with Gasteiger partial charge in [-0.1, -0.05) is 25.1 Å². The molecule has 2 aromatic carbocycles. The highest BCUT2D eigenvalue weighted by molar-refractivity contribution is 5.99. The number of aliphatic hydroxyl groups is 1. The summed E-state index contributed by atoms with van der Waals surface area (Å²) in [5, 5.41) is 12.8. The highest BCUT2D eigenvalue weighted by atomic mass is 16.5. The molecule has 3 rings (SSSR count). The van der Waals surface area contributed by atoms with Gasteiger partial charge in [0.15, 0.2) is 0 Å². The summed E-state index contributed by atoms with van der Waals surface area (Å²) in [6.07, 6.45) is 2.27. The molecule has 0 atom stereocenters. The fourth-order valence-corrected chi connectivity index (χ4v) is 3.24. The van der Waals surface area contributed by atoms with Crippen LogP contribution in [0.4, 0.5) is 0 Å². The number of ether oxygens (including phenoxy) is 1. The Bertz CT molecular complexity index is 829. The molecule has 0 aromatic heterocycles. The average Bonchev–Trinajstić information content (AvgIpc) is 2.56. The standard InChI is InChI=1S/C21H23NO3/c1-4-19(24)22-8-9-25-16-10-13(2)20(14(3)11-16)17-7-5-6-15-12-18(23)21(15)17/h5-7,10-12,23H,4,8-9H2,1-3H3,(H,22,24). The van der Waals surface area contributed by atoms with E-state index < -0.39 is 0 Å². The maximum Gasteiger partial charge on any atom is 0.219 e. The molecule has 2 N–H and O–H groups in total. The lowest BCUT2D eigenvalue weighted by atomic mass is 9.84. The first-order valence-electron chi connectivity index (χ1n) is 8.56. The zero-order valence-electron chi connectivity index (χ0n) is 14.8. The van der Waals surface area contributed by atoms with Gasteiger partial charge >= 0.3 is 0 Å². The first kappa shape index (κ1) is 17.1. The summed E-state index contributed by atoms with van der Waals surface area (Å²) >= 11 is 0. The Labute approximate surface area is 148 Å². The summed E-state index contributed by atoms with van der Waals surface area (Å²) in [6.45, 7) is 6.86. The maximum absolute atomic E-state index is 11.2. The van der Waals surface area contributed by atoms with E-state index in [1.165, 1.54) is 0 Å². The molecule has 4 heteroatoms. The van der Waals surface area contributed by atoms with Gasteiger partial charge in [0.05, 0.1) is 6.54 Å². The third-order valence-electron chi connectivity index (χ3n) is 4.43. The number of benzene rings is 2. The van der Waals surface area contributed by atoms with Gasteiger partial charge in [-0.05, 0) is 59.9 Å². The van der Waals surface area contributed by atoms with Crippen molar-refractivity contribution < 1.29 is 14.6 Å². The largest absolute Gasteiger partial charge is 0.507 e. The fraction of sp³-hybridized carbons (Fsp3) is 0.286. The molecule has 0 heterocycles. The molecule has 2 aromatic rings. The maximum atomic E-state index is 11.2. The first-order chi connectivity index (χ1) is 12.0. The van der Waals surface area contributed by atoms with Crippen LogP contribution < -0.4 is 10.1 Å². The molecular weight excluding hydrogens is 314 g/mol. The molecule has 25 heavy (non-hydrogen) atoms. The van der Waals surface area contributed by atoms with Crippen LogP contribution in [-0.2, 0) is 4.79 Å². The van der Waals surface area contributed by atoms with E-state index in [4.69, 9.17) is 4.74 Å². The molecule has 0 spiro atoms. The predicted molar refractivity (Wildman–Crippen MR) is 101 cm³/mol. The topological polar surface area (TPSA) is 58.6 Å². The Balaban J connectivity index is 1.78. The summed E-state index contributed by atoms with van der Waals surface area (Å²) in [6, 6.07) is 10.1.